The first kappa shape index (κ1) is 8.97. The van der Waals surface area contributed by atoms with Crippen molar-refractivity contribution in [1.82, 2.24) is 4.90 Å². The van der Waals surface area contributed by atoms with Gasteiger partial charge in [-0.2, -0.15) is 0 Å². The summed E-state index contributed by atoms with van der Waals surface area (Å²) in [5.74, 6) is 0.939. The Kier molecular flexibility index (Phi) is 1.86. The zero-order valence-corrected chi connectivity index (χ0v) is 8.22. The maximum absolute atomic E-state index is 13.3. The summed E-state index contributed by atoms with van der Waals surface area (Å²) < 4.78 is 13.3. The fourth-order valence-electron chi connectivity index (χ4n) is 1.71. The molecule has 1 saturated heterocycles. The second-order valence-corrected chi connectivity index (χ2v) is 4.68. The Bertz CT molecular complexity index is 229. The third-order valence-electron chi connectivity index (χ3n) is 3.21. The number of rotatable bonds is 2. The van der Waals surface area contributed by atoms with Gasteiger partial charge in [0.1, 0.15) is 0 Å². The number of amides is 1. The second-order valence-electron chi connectivity index (χ2n) is 4.68. The summed E-state index contributed by atoms with van der Waals surface area (Å²) in [4.78, 5) is 13.1. The number of hydrogen-bond donors (Lipinski definition) is 0. The van der Waals surface area contributed by atoms with Gasteiger partial charge in [-0.3, -0.25) is 4.79 Å². The first-order valence-electron chi connectivity index (χ1n) is 5.01. The third-order valence-corrected chi connectivity index (χ3v) is 3.21. The molecule has 0 unspecified atom stereocenters. The zero-order valence-electron chi connectivity index (χ0n) is 8.22. The van der Waals surface area contributed by atoms with Gasteiger partial charge in [0.05, 0.1) is 0 Å². The van der Waals surface area contributed by atoms with Crippen LogP contribution in [0, 0.1) is 11.8 Å². The Hall–Kier alpha value is -0.600. The zero-order chi connectivity index (χ0) is 9.64. The van der Waals surface area contributed by atoms with Crippen LogP contribution in [-0.2, 0) is 4.79 Å². The molecule has 0 aromatic carbocycles. The minimum atomic E-state index is -1.46. The van der Waals surface area contributed by atoms with Gasteiger partial charge in [-0.25, -0.2) is 4.39 Å². The molecule has 1 aliphatic carbocycles. The van der Waals surface area contributed by atoms with Gasteiger partial charge >= 0.3 is 0 Å². The van der Waals surface area contributed by atoms with E-state index in [4.69, 9.17) is 0 Å². The van der Waals surface area contributed by atoms with Crippen LogP contribution in [0.5, 0.6) is 0 Å². The van der Waals surface area contributed by atoms with Crippen LogP contribution in [0.2, 0.25) is 0 Å². The predicted octanol–water partition coefficient (Wildman–Crippen LogP) is 1.60. The SMILES string of the molecule is CC(C)C1CN(C(=O)C2(F)CC2)C1. The maximum atomic E-state index is 13.3. The van der Waals surface area contributed by atoms with Gasteiger partial charge in [-0.15, -0.1) is 0 Å². The molecule has 1 saturated carbocycles. The highest BCUT2D eigenvalue weighted by molar-refractivity contribution is 5.88. The molecule has 2 rings (SSSR count). The lowest BCUT2D eigenvalue weighted by Gasteiger charge is -2.42. The van der Waals surface area contributed by atoms with Crippen molar-refractivity contribution in [3.63, 3.8) is 0 Å². The lowest BCUT2D eigenvalue weighted by atomic mass is 9.88. The molecule has 0 bridgehead atoms. The molecular formula is C10H16FNO. The van der Waals surface area contributed by atoms with Crippen molar-refractivity contribution < 1.29 is 9.18 Å². The monoisotopic (exact) mass is 185 g/mol. The Labute approximate surface area is 78.1 Å². The summed E-state index contributed by atoms with van der Waals surface area (Å²) in [5, 5.41) is 0. The van der Waals surface area contributed by atoms with E-state index in [1.165, 1.54) is 0 Å². The molecule has 0 aromatic rings. The van der Waals surface area contributed by atoms with Crippen LogP contribution in [0.4, 0.5) is 4.39 Å². The minimum absolute atomic E-state index is 0.260. The highest BCUT2D eigenvalue weighted by Gasteiger charge is 2.54. The minimum Gasteiger partial charge on any atom is -0.339 e. The molecular weight excluding hydrogens is 169 g/mol. The van der Waals surface area contributed by atoms with E-state index in [0.717, 1.165) is 13.1 Å². The second kappa shape index (κ2) is 2.69. The standard InChI is InChI=1S/C10H16FNO/c1-7(2)8-5-12(6-8)9(13)10(11)3-4-10/h7-8H,3-6H2,1-2H3. The summed E-state index contributed by atoms with van der Waals surface area (Å²) in [6.07, 6.45) is 0.878. The molecule has 0 aromatic heterocycles. The van der Waals surface area contributed by atoms with Crippen LogP contribution in [0.3, 0.4) is 0 Å². The van der Waals surface area contributed by atoms with Crippen molar-refractivity contribution in [1.29, 1.82) is 0 Å². The number of alkyl halides is 1. The van der Waals surface area contributed by atoms with Crippen LogP contribution in [0.25, 0.3) is 0 Å². The molecule has 1 heterocycles. The van der Waals surface area contributed by atoms with Crippen LogP contribution in [0.1, 0.15) is 26.7 Å². The first-order chi connectivity index (χ1) is 6.03. The molecule has 0 atom stereocenters. The number of nitrogens with zero attached hydrogens (tertiary/aromatic N) is 1. The molecule has 0 radical (unpaired) electrons. The normalized spacial score (nSPS) is 26.0. The van der Waals surface area contributed by atoms with Gasteiger partial charge < -0.3 is 4.90 Å². The Morgan fingerprint density at radius 3 is 2.38 bits per heavy atom. The summed E-state index contributed by atoms with van der Waals surface area (Å²) >= 11 is 0. The van der Waals surface area contributed by atoms with E-state index < -0.39 is 5.67 Å². The molecule has 3 heteroatoms. The lowest BCUT2D eigenvalue weighted by molar-refractivity contribution is -0.145. The lowest BCUT2D eigenvalue weighted by Crippen LogP contribution is -2.54. The molecule has 13 heavy (non-hydrogen) atoms. The van der Waals surface area contributed by atoms with E-state index >= 15 is 0 Å². The number of halogens is 1. The summed E-state index contributed by atoms with van der Waals surface area (Å²) in [7, 11) is 0. The van der Waals surface area contributed by atoms with Gasteiger partial charge in [0.25, 0.3) is 5.91 Å². The van der Waals surface area contributed by atoms with Crippen molar-refractivity contribution in [2.75, 3.05) is 13.1 Å². The number of carbonyl (C=O) groups is 1. The Balaban J connectivity index is 1.83. The van der Waals surface area contributed by atoms with E-state index in [0.29, 0.717) is 24.7 Å². The molecule has 74 valence electrons. The van der Waals surface area contributed by atoms with E-state index in [9.17, 15) is 9.18 Å². The fraction of sp³-hybridized carbons (Fsp3) is 0.900. The number of likely N-dealkylation sites (tertiary alicyclic amines) is 1. The van der Waals surface area contributed by atoms with Gasteiger partial charge in [0.15, 0.2) is 5.67 Å². The smallest absolute Gasteiger partial charge is 0.260 e. The Morgan fingerprint density at radius 2 is 2.00 bits per heavy atom. The maximum Gasteiger partial charge on any atom is 0.260 e. The summed E-state index contributed by atoms with van der Waals surface area (Å²) in [6, 6.07) is 0. The molecule has 1 aliphatic heterocycles. The summed E-state index contributed by atoms with van der Waals surface area (Å²) in [5.41, 5.74) is -1.46. The van der Waals surface area contributed by atoms with Crippen molar-refractivity contribution in [2.24, 2.45) is 11.8 Å². The topological polar surface area (TPSA) is 20.3 Å². The van der Waals surface area contributed by atoms with E-state index in [2.05, 4.69) is 13.8 Å². The average Bonchev–Trinajstić information content (AvgIpc) is 2.64. The number of carbonyl (C=O) groups excluding carboxylic acids is 1. The van der Waals surface area contributed by atoms with Crippen LogP contribution >= 0.6 is 0 Å². The van der Waals surface area contributed by atoms with Crippen LogP contribution < -0.4 is 0 Å². The molecule has 2 nitrogen and oxygen atoms in total. The first-order valence-corrected chi connectivity index (χ1v) is 5.01. The van der Waals surface area contributed by atoms with Crippen molar-refractivity contribution in [3.05, 3.63) is 0 Å². The van der Waals surface area contributed by atoms with E-state index in [-0.39, 0.29) is 5.91 Å². The molecule has 1 amide bonds. The van der Waals surface area contributed by atoms with Gasteiger partial charge in [0, 0.05) is 13.1 Å². The molecule has 2 aliphatic rings. The highest BCUT2D eigenvalue weighted by atomic mass is 19.1. The molecule has 0 N–H and O–H groups in total. The number of hydrogen-bond acceptors (Lipinski definition) is 1. The van der Waals surface area contributed by atoms with Crippen molar-refractivity contribution >= 4 is 5.91 Å². The fourth-order valence-corrected chi connectivity index (χ4v) is 1.71. The van der Waals surface area contributed by atoms with Gasteiger partial charge in [-0.05, 0) is 24.7 Å². The van der Waals surface area contributed by atoms with E-state index in [1.54, 1.807) is 4.90 Å². The van der Waals surface area contributed by atoms with Crippen LogP contribution in [-0.4, -0.2) is 29.6 Å². The third kappa shape index (κ3) is 1.45. The van der Waals surface area contributed by atoms with Gasteiger partial charge in [0.2, 0.25) is 0 Å². The van der Waals surface area contributed by atoms with Crippen molar-refractivity contribution in [2.45, 2.75) is 32.4 Å². The molecule has 0 spiro atoms. The Morgan fingerprint density at radius 1 is 1.46 bits per heavy atom. The largest absolute Gasteiger partial charge is 0.339 e. The summed E-state index contributed by atoms with van der Waals surface area (Å²) in [6.45, 7) is 5.83. The quantitative estimate of drug-likeness (QED) is 0.640. The van der Waals surface area contributed by atoms with Crippen molar-refractivity contribution in [3.8, 4) is 0 Å². The molecule has 2 fully saturated rings. The van der Waals surface area contributed by atoms with E-state index in [1.807, 2.05) is 0 Å². The average molecular weight is 185 g/mol. The predicted molar refractivity (Wildman–Crippen MR) is 48.0 cm³/mol. The van der Waals surface area contributed by atoms with Crippen LogP contribution in [0.15, 0.2) is 0 Å². The van der Waals surface area contributed by atoms with Gasteiger partial charge in [-0.1, -0.05) is 13.8 Å². The highest BCUT2D eigenvalue weighted by Crippen LogP contribution is 2.43.